The molecule has 0 aliphatic rings. The first-order valence-corrected chi connectivity index (χ1v) is 5.99. The smallest absolute Gasteiger partial charge is 0.0127 e. The third-order valence-electron chi connectivity index (χ3n) is 1.95. The fraction of sp³-hybridized carbons (Fsp3) is 0.400. The molecule has 0 nitrogen and oxygen atoms in total. The zero-order chi connectivity index (χ0) is 8.27. The Morgan fingerprint density at radius 2 is 1.73 bits per heavy atom. The van der Waals surface area contributed by atoms with Gasteiger partial charge < -0.3 is 0 Å². The van der Waals surface area contributed by atoms with Gasteiger partial charge in [-0.2, -0.15) is 0 Å². The zero-order valence-electron chi connectivity index (χ0n) is 7.46. The van der Waals surface area contributed by atoms with E-state index < -0.39 is 0 Å². The average Bonchev–Trinajstić information content (AvgIpc) is 2.05. The monoisotopic (exact) mass is 168 g/mol. The van der Waals surface area contributed by atoms with E-state index in [1.807, 2.05) is 0 Å². The topological polar surface area (TPSA) is 0 Å². The molecule has 62 valence electrons. The largest absolute Gasteiger partial charge is 0.230 e. The number of hydrogen-bond donors (Lipinski definition) is 1. The van der Waals surface area contributed by atoms with Gasteiger partial charge in [-0.15, -0.1) is 0 Å². The van der Waals surface area contributed by atoms with Gasteiger partial charge in [-0.3, -0.25) is 0 Å². The lowest BCUT2D eigenvalue weighted by atomic mass is 10.2. The van der Waals surface area contributed by atoms with E-state index in [1.165, 1.54) is 16.2 Å². The zero-order valence-corrected chi connectivity index (χ0v) is 8.36. The maximum absolute atomic E-state index is 2.33. The molecule has 1 aromatic rings. The van der Waals surface area contributed by atoms with Gasteiger partial charge in [-0.05, 0) is 23.8 Å². The molecule has 0 amide bonds. The van der Waals surface area contributed by atoms with Gasteiger partial charge in [0.1, 0.15) is 0 Å². The third kappa shape index (κ3) is 2.26. The summed E-state index contributed by atoms with van der Waals surface area (Å²) in [5.41, 5.74) is 1.35. The van der Waals surface area contributed by atoms with Crippen LogP contribution in [0.1, 0.15) is 12.5 Å². The average molecular weight is 168 g/mol. The minimum atomic E-state index is 0.114. The van der Waals surface area contributed by atoms with E-state index in [2.05, 4.69) is 44.4 Å². The molecule has 0 saturated heterocycles. The fourth-order valence-corrected chi connectivity index (χ4v) is 2.00. The van der Waals surface area contributed by atoms with Crippen LogP contribution in [0.5, 0.6) is 0 Å². The summed E-state index contributed by atoms with van der Waals surface area (Å²) in [4.78, 5) is 1.52. The maximum atomic E-state index is 2.33. The summed E-state index contributed by atoms with van der Waals surface area (Å²) in [7, 11) is 0.114. The van der Waals surface area contributed by atoms with Crippen molar-refractivity contribution >= 4 is 10.9 Å². The third-order valence-corrected chi connectivity index (χ3v) is 4.08. The van der Waals surface area contributed by atoms with Crippen LogP contribution in [-0.2, 0) is 0 Å². The molecule has 0 aliphatic heterocycles. The molecule has 0 fully saturated rings. The van der Waals surface area contributed by atoms with Crippen LogP contribution in [0.4, 0.5) is 0 Å². The Hall–Kier alpha value is -0.430. The molecular formula is C10H16S. The number of aryl methyl sites for hydroxylation is 1. The van der Waals surface area contributed by atoms with Gasteiger partial charge in [0.2, 0.25) is 0 Å². The second-order valence-corrected chi connectivity index (χ2v) is 5.39. The van der Waals surface area contributed by atoms with Gasteiger partial charge in [0.05, 0.1) is 0 Å². The molecule has 0 N–H and O–H groups in total. The van der Waals surface area contributed by atoms with Crippen molar-refractivity contribution in [3.8, 4) is 0 Å². The lowest BCUT2D eigenvalue weighted by molar-refractivity contribution is 1.36. The molecule has 1 aromatic carbocycles. The molecule has 1 heteroatoms. The van der Waals surface area contributed by atoms with Gasteiger partial charge >= 0.3 is 0 Å². The second-order valence-electron chi connectivity index (χ2n) is 2.85. The van der Waals surface area contributed by atoms with Crippen molar-refractivity contribution in [2.24, 2.45) is 0 Å². The minimum absolute atomic E-state index is 0.114. The molecule has 11 heavy (non-hydrogen) atoms. The first-order valence-electron chi connectivity index (χ1n) is 4.02. The molecule has 0 bridgehead atoms. The summed E-state index contributed by atoms with van der Waals surface area (Å²) in [6.45, 7) is 4.39. The molecule has 1 rings (SSSR count). The van der Waals surface area contributed by atoms with Gasteiger partial charge in [-0.25, -0.2) is 10.9 Å². The molecule has 0 heterocycles. The van der Waals surface area contributed by atoms with Crippen molar-refractivity contribution in [1.82, 2.24) is 0 Å². The van der Waals surface area contributed by atoms with Crippen LogP contribution in [0.2, 0.25) is 0 Å². The number of thiol groups is 1. The van der Waals surface area contributed by atoms with Crippen molar-refractivity contribution in [3.63, 3.8) is 0 Å². The van der Waals surface area contributed by atoms with Crippen LogP contribution in [0.3, 0.4) is 0 Å². The highest BCUT2D eigenvalue weighted by Gasteiger charge is 1.95. The van der Waals surface area contributed by atoms with Crippen LogP contribution in [0.15, 0.2) is 29.2 Å². The second kappa shape index (κ2) is 3.82. The number of hydrogen-bond acceptors (Lipinski definition) is 0. The van der Waals surface area contributed by atoms with E-state index in [4.69, 9.17) is 0 Å². The molecule has 0 saturated carbocycles. The van der Waals surface area contributed by atoms with Crippen molar-refractivity contribution in [3.05, 3.63) is 29.8 Å². The quantitative estimate of drug-likeness (QED) is 0.645. The van der Waals surface area contributed by atoms with Crippen LogP contribution in [-0.4, -0.2) is 12.0 Å². The van der Waals surface area contributed by atoms with Crippen LogP contribution >= 0.6 is 10.9 Å². The molecule has 1 unspecified atom stereocenters. The lowest BCUT2D eigenvalue weighted by Crippen LogP contribution is -1.83. The van der Waals surface area contributed by atoms with Crippen LogP contribution in [0, 0.1) is 6.92 Å². The lowest BCUT2D eigenvalue weighted by Gasteiger charge is -2.13. The molecular weight excluding hydrogens is 152 g/mol. The van der Waals surface area contributed by atoms with Crippen molar-refractivity contribution in [2.45, 2.75) is 18.7 Å². The standard InChI is InChI=1S/C10H16S/c1-4-11(3)10-7-5-9(2)6-8-10/h5-8,11H,4H2,1-3H3. The Morgan fingerprint density at radius 3 is 2.18 bits per heavy atom. The Labute approximate surface area is 72.0 Å². The van der Waals surface area contributed by atoms with Crippen LogP contribution in [0.25, 0.3) is 0 Å². The SMILES string of the molecule is CC[SH](C)c1ccc(C)cc1. The summed E-state index contributed by atoms with van der Waals surface area (Å²) >= 11 is 0. The van der Waals surface area contributed by atoms with E-state index in [9.17, 15) is 0 Å². The molecule has 1 atom stereocenters. The van der Waals surface area contributed by atoms with E-state index in [0.717, 1.165) is 0 Å². The molecule has 0 radical (unpaired) electrons. The van der Waals surface area contributed by atoms with E-state index in [0.29, 0.717) is 0 Å². The van der Waals surface area contributed by atoms with E-state index in [1.54, 1.807) is 0 Å². The van der Waals surface area contributed by atoms with Gasteiger partial charge in [0, 0.05) is 0 Å². The fourth-order valence-electron chi connectivity index (χ4n) is 0.982. The summed E-state index contributed by atoms with van der Waals surface area (Å²) in [5.74, 6) is 1.29. The summed E-state index contributed by atoms with van der Waals surface area (Å²) in [5, 5.41) is 0. The summed E-state index contributed by atoms with van der Waals surface area (Å²) in [6.07, 6.45) is 2.33. The molecule has 0 aromatic heterocycles. The Morgan fingerprint density at radius 1 is 1.18 bits per heavy atom. The predicted octanol–water partition coefficient (Wildman–Crippen LogP) is 3.00. The molecule has 0 aliphatic carbocycles. The van der Waals surface area contributed by atoms with E-state index >= 15 is 0 Å². The van der Waals surface area contributed by atoms with E-state index in [-0.39, 0.29) is 10.9 Å². The first-order chi connectivity index (χ1) is 5.24. The highest BCUT2D eigenvalue weighted by molar-refractivity contribution is 8.16. The van der Waals surface area contributed by atoms with Crippen molar-refractivity contribution in [1.29, 1.82) is 0 Å². The Kier molecular flexibility index (Phi) is 3.01. The number of rotatable bonds is 2. The van der Waals surface area contributed by atoms with Gasteiger partial charge in [0.15, 0.2) is 0 Å². The van der Waals surface area contributed by atoms with Gasteiger partial charge in [-0.1, -0.05) is 36.8 Å². The normalized spacial score (nSPS) is 14.6. The Balaban J connectivity index is 2.81. The summed E-state index contributed by atoms with van der Waals surface area (Å²) < 4.78 is 0. The predicted molar refractivity (Wildman–Crippen MR) is 54.9 cm³/mol. The highest BCUT2D eigenvalue weighted by Crippen LogP contribution is 2.31. The Bertz CT molecular complexity index is 213. The number of benzene rings is 1. The maximum Gasteiger partial charge on any atom is -0.0127 e. The van der Waals surface area contributed by atoms with Crippen molar-refractivity contribution < 1.29 is 0 Å². The highest BCUT2D eigenvalue weighted by atomic mass is 32.2. The van der Waals surface area contributed by atoms with Gasteiger partial charge in [0.25, 0.3) is 0 Å². The molecule has 0 spiro atoms. The van der Waals surface area contributed by atoms with Crippen molar-refractivity contribution in [2.75, 3.05) is 12.0 Å². The summed E-state index contributed by atoms with van der Waals surface area (Å²) in [6, 6.07) is 8.91. The van der Waals surface area contributed by atoms with Crippen LogP contribution < -0.4 is 0 Å². The minimum Gasteiger partial charge on any atom is -0.230 e. The first kappa shape index (κ1) is 8.66.